The van der Waals surface area contributed by atoms with Crippen LogP contribution < -0.4 is 15.8 Å². The molecule has 0 aliphatic heterocycles. The number of hydrogen-bond acceptors (Lipinski definition) is 2. The first kappa shape index (κ1) is 15.4. The minimum absolute atomic E-state index is 0.376. The summed E-state index contributed by atoms with van der Waals surface area (Å²) in [7, 11) is 1.64. The van der Waals surface area contributed by atoms with E-state index in [1.165, 1.54) is 5.56 Å². The van der Waals surface area contributed by atoms with Crippen LogP contribution in [0, 0.1) is 6.92 Å². The maximum Gasteiger partial charge on any atom is 0.193 e. The molecule has 2 aromatic carbocycles. The van der Waals surface area contributed by atoms with E-state index >= 15 is 0 Å². The number of benzene rings is 2. The monoisotopic (exact) mass is 347 g/mol. The van der Waals surface area contributed by atoms with E-state index in [0.29, 0.717) is 12.5 Å². The Morgan fingerprint density at radius 3 is 2.62 bits per heavy atom. The highest BCUT2D eigenvalue weighted by atomic mass is 79.9. The maximum atomic E-state index is 5.91. The second-order valence-corrected chi connectivity index (χ2v) is 5.56. The molecule has 110 valence electrons. The lowest BCUT2D eigenvalue weighted by Crippen LogP contribution is -2.22. The number of nitrogens with zero attached hydrogens (tertiary/aromatic N) is 1. The second kappa shape index (κ2) is 7.13. The van der Waals surface area contributed by atoms with Crippen molar-refractivity contribution in [3.63, 3.8) is 0 Å². The number of ether oxygens (including phenoxy) is 1. The van der Waals surface area contributed by atoms with Gasteiger partial charge in [0.15, 0.2) is 5.96 Å². The first-order valence-electron chi connectivity index (χ1n) is 6.54. The summed E-state index contributed by atoms with van der Waals surface area (Å²) in [5, 5.41) is 3.07. The van der Waals surface area contributed by atoms with Crippen LogP contribution in [0.15, 0.2) is 51.9 Å². The van der Waals surface area contributed by atoms with Gasteiger partial charge < -0.3 is 15.8 Å². The minimum atomic E-state index is 0.376. The highest BCUT2D eigenvalue weighted by Crippen LogP contribution is 2.23. The van der Waals surface area contributed by atoms with Crippen molar-refractivity contribution < 1.29 is 4.74 Å². The molecule has 3 N–H and O–H groups in total. The van der Waals surface area contributed by atoms with E-state index in [4.69, 9.17) is 10.5 Å². The SMILES string of the molecule is COc1ccc(Br)cc1CN=C(N)Nc1ccc(C)cc1. The van der Waals surface area contributed by atoms with Gasteiger partial charge in [-0.2, -0.15) is 0 Å². The fourth-order valence-corrected chi connectivity index (χ4v) is 2.27. The third-order valence-electron chi connectivity index (χ3n) is 2.99. The van der Waals surface area contributed by atoms with Crippen molar-refractivity contribution >= 4 is 27.6 Å². The van der Waals surface area contributed by atoms with E-state index in [-0.39, 0.29) is 0 Å². The second-order valence-electron chi connectivity index (χ2n) is 4.65. The van der Waals surface area contributed by atoms with Crippen LogP contribution in [0.1, 0.15) is 11.1 Å². The summed E-state index contributed by atoms with van der Waals surface area (Å²) in [5.41, 5.74) is 9.00. The molecule has 0 amide bonds. The summed E-state index contributed by atoms with van der Waals surface area (Å²) >= 11 is 3.44. The summed E-state index contributed by atoms with van der Waals surface area (Å²) < 4.78 is 6.30. The summed E-state index contributed by atoms with van der Waals surface area (Å²) in [6, 6.07) is 13.8. The Balaban J connectivity index is 2.06. The van der Waals surface area contributed by atoms with Gasteiger partial charge in [-0.1, -0.05) is 33.6 Å². The molecule has 0 aliphatic carbocycles. The summed E-state index contributed by atoms with van der Waals surface area (Å²) in [6.45, 7) is 2.49. The number of aliphatic imine (C=N–C) groups is 1. The number of rotatable bonds is 4. The minimum Gasteiger partial charge on any atom is -0.496 e. The van der Waals surface area contributed by atoms with Crippen LogP contribution in [0.5, 0.6) is 5.75 Å². The lowest BCUT2D eigenvalue weighted by molar-refractivity contribution is 0.410. The fraction of sp³-hybridized carbons (Fsp3) is 0.188. The first-order valence-corrected chi connectivity index (χ1v) is 7.34. The lowest BCUT2D eigenvalue weighted by atomic mass is 10.2. The zero-order chi connectivity index (χ0) is 15.2. The molecular weight excluding hydrogens is 330 g/mol. The third-order valence-corrected chi connectivity index (χ3v) is 3.48. The smallest absolute Gasteiger partial charge is 0.193 e. The van der Waals surface area contributed by atoms with Gasteiger partial charge in [0.25, 0.3) is 0 Å². The van der Waals surface area contributed by atoms with Crippen LogP contribution in [0.25, 0.3) is 0 Å². The Bertz CT molecular complexity index is 638. The zero-order valence-electron chi connectivity index (χ0n) is 12.1. The number of aryl methyl sites for hydroxylation is 1. The predicted molar refractivity (Wildman–Crippen MR) is 90.8 cm³/mol. The lowest BCUT2D eigenvalue weighted by Gasteiger charge is -2.09. The normalized spacial score (nSPS) is 11.3. The molecule has 4 nitrogen and oxygen atoms in total. The van der Waals surface area contributed by atoms with Crippen molar-refractivity contribution in [3.05, 3.63) is 58.1 Å². The standard InChI is InChI=1S/C16H18BrN3O/c1-11-3-6-14(7-4-11)20-16(18)19-10-12-9-13(17)5-8-15(12)21-2/h3-9H,10H2,1-2H3,(H3,18,19,20). The highest BCUT2D eigenvalue weighted by molar-refractivity contribution is 9.10. The molecule has 0 fully saturated rings. The van der Waals surface area contributed by atoms with Crippen LogP contribution in [0.2, 0.25) is 0 Å². The van der Waals surface area contributed by atoms with E-state index < -0.39 is 0 Å². The maximum absolute atomic E-state index is 5.91. The zero-order valence-corrected chi connectivity index (χ0v) is 13.6. The van der Waals surface area contributed by atoms with Crippen LogP contribution >= 0.6 is 15.9 Å². The van der Waals surface area contributed by atoms with Gasteiger partial charge in [-0.25, -0.2) is 4.99 Å². The van der Waals surface area contributed by atoms with E-state index in [1.54, 1.807) is 7.11 Å². The number of methoxy groups -OCH3 is 1. The van der Waals surface area contributed by atoms with E-state index in [2.05, 4.69) is 26.2 Å². The van der Waals surface area contributed by atoms with Crippen molar-refractivity contribution in [2.75, 3.05) is 12.4 Å². The summed E-state index contributed by atoms with van der Waals surface area (Å²) in [5.74, 6) is 1.17. The van der Waals surface area contributed by atoms with E-state index in [1.807, 2.05) is 49.4 Å². The van der Waals surface area contributed by atoms with Gasteiger partial charge in [0.1, 0.15) is 5.75 Å². The van der Waals surface area contributed by atoms with Crippen molar-refractivity contribution in [1.82, 2.24) is 0 Å². The summed E-state index contributed by atoms with van der Waals surface area (Å²) in [4.78, 5) is 4.34. The Hall–Kier alpha value is -2.01. The Labute approximate surface area is 133 Å². The topological polar surface area (TPSA) is 59.6 Å². The number of guanidine groups is 1. The van der Waals surface area contributed by atoms with Gasteiger partial charge in [0, 0.05) is 15.7 Å². The van der Waals surface area contributed by atoms with Crippen molar-refractivity contribution in [2.45, 2.75) is 13.5 Å². The number of halogens is 1. The first-order chi connectivity index (χ1) is 10.1. The number of anilines is 1. The largest absolute Gasteiger partial charge is 0.496 e. The molecule has 21 heavy (non-hydrogen) atoms. The van der Waals surface area contributed by atoms with Crippen molar-refractivity contribution in [2.24, 2.45) is 10.7 Å². The molecule has 0 radical (unpaired) electrons. The average molecular weight is 348 g/mol. The van der Waals surface area contributed by atoms with E-state index in [0.717, 1.165) is 21.5 Å². The molecule has 0 spiro atoms. The molecule has 2 rings (SSSR count). The molecule has 0 aliphatic rings. The quantitative estimate of drug-likeness (QED) is 0.654. The van der Waals surface area contributed by atoms with Gasteiger partial charge in [-0.3, -0.25) is 0 Å². The van der Waals surface area contributed by atoms with Crippen LogP contribution in [0.3, 0.4) is 0 Å². The molecule has 0 saturated carbocycles. The van der Waals surface area contributed by atoms with Crippen molar-refractivity contribution in [3.8, 4) is 5.75 Å². The third kappa shape index (κ3) is 4.49. The fourth-order valence-electron chi connectivity index (χ4n) is 1.87. The van der Waals surface area contributed by atoms with Gasteiger partial charge in [-0.15, -0.1) is 0 Å². The Morgan fingerprint density at radius 2 is 1.95 bits per heavy atom. The van der Waals surface area contributed by atoms with Gasteiger partial charge in [0.2, 0.25) is 0 Å². The molecule has 0 unspecified atom stereocenters. The van der Waals surface area contributed by atoms with Gasteiger partial charge in [-0.05, 0) is 37.3 Å². The Kier molecular flexibility index (Phi) is 5.22. The number of hydrogen-bond donors (Lipinski definition) is 2. The molecule has 0 atom stereocenters. The molecule has 5 heteroatoms. The van der Waals surface area contributed by atoms with E-state index in [9.17, 15) is 0 Å². The predicted octanol–water partition coefficient (Wildman–Crippen LogP) is 3.69. The molecule has 0 heterocycles. The average Bonchev–Trinajstić information content (AvgIpc) is 2.48. The Morgan fingerprint density at radius 1 is 1.24 bits per heavy atom. The molecule has 0 bridgehead atoms. The van der Waals surface area contributed by atoms with Crippen LogP contribution in [-0.4, -0.2) is 13.1 Å². The number of nitrogens with two attached hydrogens (primary N) is 1. The molecular formula is C16H18BrN3O. The number of nitrogens with one attached hydrogen (secondary N) is 1. The molecule has 2 aromatic rings. The van der Waals surface area contributed by atoms with Gasteiger partial charge >= 0.3 is 0 Å². The van der Waals surface area contributed by atoms with Crippen LogP contribution in [0.4, 0.5) is 5.69 Å². The highest BCUT2D eigenvalue weighted by Gasteiger charge is 2.03. The van der Waals surface area contributed by atoms with Gasteiger partial charge in [0.05, 0.1) is 13.7 Å². The summed E-state index contributed by atoms with van der Waals surface area (Å²) in [6.07, 6.45) is 0. The van der Waals surface area contributed by atoms with Crippen molar-refractivity contribution in [1.29, 1.82) is 0 Å². The molecule has 0 aromatic heterocycles. The van der Waals surface area contributed by atoms with Crippen LogP contribution in [-0.2, 0) is 6.54 Å². The molecule has 0 saturated heterocycles.